The van der Waals surface area contributed by atoms with Gasteiger partial charge < -0.3 is 10.3 Å². The van der Waals surface area contributed by atoms with Crippen LogP contribution < -0.4 is 5.73 Å². The lowest BCUT2D eigenvalue weighted by Gasteiger charge is -2.17. The third-order valence-corrected chi connectivity index (χ3v) is 4.16. The zero-order valence-electron chi connectivity index (χ0n) is 12.6. The van der Waals surface area contributed by atoms with Gasteiger partial charge in [0, 0.05) is 18.6 Å². The molecule has 0 amide bonds. The summed E-state index contributed by atoms with van der Waals surface area (Å²) in [7, 11) is 0. The molecule has 8 heteroatoms. The number of non-ortho nitro benzene ring substituents is 1. The van der Waals surface area contributed by atoms with Crippen molar-refractivity contribution in [2.45, 2.75) is 44.1 Å². The molecule has 0 atom stereocenters. The maximum atomic E-state index is 10.8. The van der Waals surface area contributed by atoms with Crippen LogP contribution in [0.5, 0.6) is 0 Å². The van der Waals surface area contributed by atoms with Crippen LogP contribution in [0.25, 0.3) is 0 Å². The monoisotopic (exact) mass is 338 g/mol. The van der Waals surface area contributed by atoms with Crippen molar-refractivity contribution in [2.24, 2.45) is 5.73 Å². The molecule has 2 aromatic rings. The Balaban J connectivity index is 0.00000192. The molecule has 2 N–H and O–H groups in total. The van der Waals surface area contributed by atoms with Gasteiger partial charge in [0.15, 0.2) is 5.82 Å². The van der Waals surface area contributed by atoms with Gasteiger partial charge in [0.25, 0.3) is 5.69 Å². The number of hydrogen-bond donors (Lipinski definition) is 1. The Hall–Kier alpha value is -1.99. The van der Waals surface area contributed by atoms with Gasteiger partial charge in [0.05, 0.1) is 10.5 Å². The standard InChI is InChI=1S/C15H18N4O3.ClH/c16-15(8-1-2-9-15)14-17-13(22-18-14)7-6-11-4-3-5-12(10-11)19(20)21;/h3-5,10H,1-2,6-9,16H2;1H. The topological polar surface area (TPSA) is 108 Å². The molecule has 3 rings (SSSR count). The predicted octanol–water partition coefficient (Wildman–Crippen LogP) is 2.91. The van der Waals surface area contributed by atoms with Crippen LogP contribution >= 0.6 is 12.4 Å². The fourth-order valence-electron chi connectivity index (χ4n) is 2.86. The number of aryl methyl sites for hydroxylation is 2. The van der Waals surface area contributed by atoms with E-state index in [4.69, 9.17) is 10.3 Å². The maximum absolute atomic E-state index is 10.8. The first kappa shape index (κ1) is 17.4. The van der Waals surface area contributed by atoms with E-state index in [0.717, 1.165) is 31.2 Å². The number of halogens is 1. The Morgan fingerprint density at radius 2 is 2.04 bits per heavy atom. The number of nitrogens with two attached hydrogens (primary N) is 1. The molecule has 0 spiro atoms. The molecule has 1 aliphatic carbocycles. The van der Waals surface area contributed by atoms with E-state index in [0.29, 0.717) is 24.6 Å². The maximum Gasteiger partial charge on any atom is 0.269 e. The minimum absolute atomic E-state index is 0. The number of rotatable bonds is 5. The van der Waals surface area contributed by atoms with Crippen molar-refractivity contribution >= 4 is 18.1 Å². The first-order chi connectivity index (χ1) is 10.6. The molecule has 1 aromatic carbocycles. The third-order valence-electron chi connectivity index (χ3n) is 4.16. The van der Waals surface area contributed by atoms with E-state index in [9.17, 15) is 10.1 Å². The summed E-state index contributed by atoms with van der Waals surface area (Å²) < 4.78 is 5.27. The molecule has 1 saturated carbocycles. The van der Waals surface area contributed by atoms with Crippen molar-refractivity contribution in [2.75, 3.05) is 0 Å². The summed E-state index contributed by atoms with van der Waals surface area (Å²) in [4.78, 5) is 14.8. The van der Waals surface area contributed by atoms with Crippen LogP contribution in [0, 0.1) is 10.1 Å². The van der Waals surface area contributed by atoms with E-state index in [1.807, 2.05) is 6.07 Å². The normalized spacial score (nSPS) is 16.0. The number of benzene rings is 1. The van der Waals surface area contributed by atoms with Gasteiger partial charge in [-0.15, -0.1) is 12.4 Å². The molecular formula is C15H19ClN4O3. The summed E-state index contributed by atoms with van der Waals surface area (Å²) in [5, 5.41) is 14.8. The zero-order valence-corrected chi connectivity index (χ0v) is 13.4. The Morgan fingerprint density at radius 1 is 1.30 bits per heavy atom. The number of nitro groups is 1. The molecule has 0 bridgehead atoms. The molecule has 0 aliphatic heterocycles. The second-order valence-electron chi connectivity index (χ2n) is 5.80. The molecule has 1 aromatic heterocycles. The van der Waals surface area contributed by atoms with E-state index in [1.54, 1.807) is 12.1 Å². The number of nitro benzene ring substituents is 1. The number of hydrogen-bond acceptors (Lipinski definition) is 6. The first-order valence-electron chi connectivity index (χ1n) is 7.42. The molecule has 1 heterocycles. The van der Waals surface area contributed by atoms with Gasteiger partial charge in [-0.05, 0) is 24.8 Å². The van der Waals surface area contributed by atoms with Crippen LogP contribution in [0.1, 0.15) is 43.0 Å². The van der Waals surface area contributed by atoms with Crippen LogP contribution in [-0.4, -0.2) is 15.1 Å². The molecule has 124 valence electrons. The zero-order chi connectivity index (χ0) is 15.6. The Labute approximate surface area is 139 Å². The Morgan fingerprint density at radius 3 is 2.74 bits per heavy atom. The van der Waals surface area contributed by atoms with E-state index in [-0.39, 0.29) is 18.1 Å². The quantitative estimate of drug-likeness (QED) is 0.663. The molecule has 0 saturated heterocycles. The van der Waals surface area contributed by atoms with Crippen molar-refractivity contribution in [1.29, 1.82) is 0 Å². The average Bonchev–Trinajstić information content (AvgIpc) is 3.15. The Kier molecular flexibility index (Phi) is 5.33. The van der Waals surface area contributed by atoms with E-state index < -0.39 is 10.5 Å². The largest absolute Gasteiger partial charge is 0.339 e. The van der Waals surface area contributed by atoms with E-state index in [2.05, 4.69) is 10.1 Å². The fraction of sp³-hybridized carbons (Fsp3) is 0.467. The smallest absolute Gasteiger partial charge is 0.269 e. The predicted molar refractivity (Wildman–Crippen MR) is 86.4 cm³/mol. The van der Waals surface area contributed by atoms with Gasteiger partial charge in [0.2, 0.25) is 5.89 Å². The summed E-state index contributed by atoms with van der Waals surface area (Å²) in [5.74, 6) is 1.11. The summed E-state index contributed by atoms with van der Waals surface area (Å²) in [5.41, 5.74) is 6.81. The molecule has 23 heavy (non-hydrogen) atoms. The molecule has 1 fully saturated rings. The second-order valence-corrected chi connectivity index (χ2v) is 5.80. The minimum Gasteiger partial charge on any atom is -0.339 e. The molecule has 0 radical (unpaired) electrons. The lowest BCUT2D eigenvalue weighted by atomic mass is 9.99. The fourth-order valence-corrected chi connectivity index (χ4v) is 2.86. The van der Waals surface area contributed by atoms with E-state index >= 15 is 0 Å². The first-order valence-corrected chi connectivity index (χ1v) is 7.42. The van der Waals surface area contributed by atoms with Gasteiger partial charge in [-0.25, -0.2) is 0 Å². The van der Waals surface area contributed by atoms with Crippen LogP contribution in [0.3, 0.4) is 0 Å². The summed E-state index contributed by atoms with van der Waals surface area (Å²) in [6.07, 6.45) is 5.11. The molecule has 7 nitrogen and oxygen atoms in total. The van der Waals surface area contributed by atoms with Crippen molar-refractivity contribution in [1.82, 2.24) is 10.1 Å². The van der Waals surface area contributed by atoms with Crippen LogP contribution in [0.2, 0.25) is 0 Å². The highest BCUT2D eigenvalue weighted by Gasteiger charge is 2.35. The molecule has 0 unspecified atom stereocenters. The SMILES string of the molecule is Cl.NC1(c2noc(CCc3cccc([N+](=O)[O-])c3)n2)CCCC1. The highest BCUT2D eigenvalue weighted by Crippen LogP contribution is 2.34. The molecule has 1 aliphatic rings. The van der Waals surface area contributed by atoms with Crippen molar-refractivity contribution < 1.29 is 9.45 Å². The Bertz CT molecular complexity index is 683. The summed E-state index contributed by atoms with van der Waals surface area (Å²) in [6, 6.07) is 6.58. The summed E-state index contributed by atoms with van der Waals surface area (Å²) in [6.45, 7) is 0. The minimum atomic E-state index is -0.451. The highest BCUT2D eigenvalue weighted by molar-refractivity contribution is 5.85. The van der Waals surface area contributed by atoms with Gasteiger partial charge in [-0.2, -0.15) is 4.98 Å². The van der Waals surface area contributed by atoms with Gasteiger partial charge >= 0.3 is 0 Å². The van der Waals surface area contributed by atoms with Crippen molar-refractivity contribution in [3.63, 3.8) is 0 Å². The van der Waals surface area contributed by atoms with Crippen molar-refractivity contribution in [3.05, 3.63) is 51.7 Å². The van der Waals surface area contributed by atoms with Gasteiger partial charge in [-0.1, -0.05) is 30.1 Å². The van der Waals surface area contributed by atoms with Crippen molar-refractivity contribution in [3.8, 4) is 0 Å². The van der Waals surface area contributed by atoms with E-state index in [1.165, 1.54) is 6.07 Å². The lowest BCUT2D eigenvalue weighted by molar-refractivity contribution is -0.384. The van der Waals surface area contributed by atoms with Crippen LogP contribution in [0.4, 0.5) is 5.69 Å². The van der Waals surface area contributed by atoms with Gasteiger partial charge in [-0.3, -0.25) is 10.1 Å². The summed E-state index contributed by atoms with van der Waals surface area (Å²) >= 11 is 0. The number of nitrogens with zero attached hydrogens (tertiary/aromatic N) is 3. The second kappa shape index (κ2) is 7.06. The third kappa shape index (κ3) is 3.86. The molecular weight excluding hydrogens is 320 g/mol. The average molecular weight is 339 g/mol. The highest BCUT2D eigenvalue weighted by atomic mass is 35.5. The van der Waals surface area contributed by atoms with Gasteiger partial charge in [0.1, 0.15) is 0 Å². The van der Waals surface area contributed by atoms with Crippen LogP contribution in [-0.2, 0) is 18.4 Å². The van der Waals surface area contributed by atoms with Crippen LogP contribution in [0.15, 0.2) is 28.8 Å². The number of aromatic nitrogens is 2. The lowest BCUT2D eigenvalue weighted by Crippen LogP contribution is -2.34.